The molecular weight excluding hydrogens is 444 g/mol. The van der Waals surface area contributed by atoms with Crippen LogP contribution in [-0.4, -0.2) is 9.97 Å². The monoisotopic (exact) mass is 466 g/mol. The second-order valence-electron chi connectivity index (χ2n) is 9.09. The zero-order chi connectivity index (χ0) is 24.7. The molecule has 0 unspecified atom stereocenters. The molecule has 2 N–H and O–H groups in total. The van der Waals surface area contributed by atoms with Crippen molar-refractivity contribution in [1.29, 1.82) is 5.26 Å². The number of aromatic amines is 1. The van der Waals surface area contributed by atoms with E-state index in [0.29, 0.717) is 23.1 Å². The first-order chi connectivity index (χ1) is 16.0. The Hall–Kier alpha value is -3.86. The maximum absolute atomic E-state index is 13.6. The first-order valence-corrected chi connectivity index (χ1v) is 10.6. The number of nitriles is 1. The normalized spacial score (nSPS) is 12.1. The van der Waals surface area contributed by atoms with Gasteiger partial charge in [0.1, 0.15) is 17.7 Å². The smallest absolute Gasteiger partial charge is 0.380 e. The van der Waals surface area contributed by atoms with Crippen LogP contribution >= 0.6 is 0 Å². The van der Waals surface area contributed by atoms with Crippen LogP contribution < -0.4 is 5.32 Å². The third-order valence-corrected chi connectivity index (χ3v) is 5.60. The number of H-pyrrole nitrogens is 1. The number of anilines is 1. The van der Waals surface area contributed by atoms with Gasteiger partial charge in [-0.2, -0.15) is 18.4 Å². The highest BCUT2D eigenvalue weighted by molar-refractivity contribution is 5.81. The van der Waals surface area contributed by atoms with E-state index < -0.39 is 17.6 Å². The summed E-state index contributed by atoms with van der Waals surface area (Å²) in [6.07, 6.45) is -4.62. The van der Waals surface area contributed by atoms with Gasteiger partial charge >= 0.3 is 6.18 Å². The molecule has 34 heavy (non-hydrogen) atoms. The second kappa shape index (κ2) is 8.49. The van der Waals surface area contributed by atoms with E-state index in [9.17, 15) is 22.8 Å². The summed E-state index contributed by atoms with van der Waals surface area (Å²) in [6, 6.07) is 15.3. The molecular formula is C26H22F4N4. The number of aromatic nitrogens is 2. The highest BCUT2D eigenvalue weighted by Crippen LogP contribution is 2.33. The summed E-state index contributed by atoms with van der Waals surface area (Å²) in [5.41, 5.74) is 2.80. The third kappa shape index (κ3) is 4.74. The second-order valence-corrected chi connectivity index (χ2v) is 9.09. The van der Waals surface area contributed by atoms with E-state index in [0.717, 1.165) is 28.7 Å². The number of hydrogen-bond acceptors (Lipinski definition) is 3. The van der Waals surface area contributed by atoms with Crippen LogP contribution in [0.2, 0.25) is 0 Å². The summed E-state index contributed by atoms with van der Waals surface area (Å²) in [5.74, 6) is -0.203. The van der Waals surface area contributed by atoms with Gasteiger partial charge in [-0.3, -0.25) is 0 Å². The van der Waals surface area contributed by atoms with Gasteiger partial charge in [-0.1, -0.05) is 26.8 Å². The van der Waals surface area contributed by atoms with E-state index in [4.69, 9.17) is 0 Å². The van der Waals surface area contributed by atoms with Gasteiger partial charge < -0.3 is 10.3 Å². The van der Waals surface area contributed by atoms with E-state index in [1.807, 2.05) is 24.3 Å². The first kappa shape index (κ1) is 23.3. The standard InChI is InChI=1S/C26H22F4N4/c1-25(2,3)18-6-9-21-23(12-18)34-24(33-21)15-4-5-16(13-31)22(11-15)32-14-17-10-19(27)7-8-20(17)26(28,29)30/h4-12,32H,14H2,1-3H3,(H,33,34). The average molecular weight is 466 g/mol. The largest absolute Gasteiger partial charge is 0.416 e. The number of fused-ring (bicyclic) bond motifs is 1. The summed E-state index contributed by atoms with van der Waals surface area (Å²) in [4.78, 5) is 7.89. The Morgan fingerprint density at radius 3 is 2.44 bits per heavy atom. The van der Waals surface area contributed by atoms with Crippen molar-refractivity contribution in [3.8, 4) is 17.5 Å². The number of alkyl halides is 3. The quantitative estimate of drug-likeness (QED) is 0.314. The van der Waals surface area contributed by atoms with Crippen molar-refractivity contribution in [2.45, 2.75) is 38.9 Å². The zero-order valence-corrected chi connectivity index (χ0v) is 18.8. The number of hydrogen-bond donors (Lipinski definition) is 2. The van der Waals surface area contributed by atoms with Gasteiger partial charge in [0.15, 0.2) is 0 Å². The van der Waals surface area contributed by atoms with Crippen LogP contribution in [0, 0.1) is 17.1 Å². The molecule has 4 aromatic rings. The van der Waals surface area contributed by atoms with Crippen molar-refractivity contribution in [3.63, 3.8) is 0 Å². The number of imidazole rings is 1. The molecule has 1 heterocycles. The Morgan fingerprint density at radius 2 is 1.76 bits per heavy atom. The van der Waals surface area contributed by atoms with Gasteiger partial charge in [-0.25, -0.2) is 9.37 Å². The average Bonchev–Trinajstić information content (AvgIpc) is 3.19. The molecule has 0 aliphatic rings. The summed E-state index contributed by atoms with van der Waals surface area (Å²) in [6.45, 7) is 6.05. The highest BCUT2D eigenvalue weighted by atomic mass is 19.4. The van der Waals surface area contributed by atoms with Gasteiger partial charge in [-0.05, 0) is 65.1 Å². The van der Waals surface area contributed by atoms with Crippen LogP contribution in [-0.2, 0) is 18.1 Å². The van der Waals surface area contributed by atoms with E-state index in [1.165, 1.54) is 0 Å². The Balaban J connectivity index is 1.68. The van der Waals surface area contributed by atoms with Crippen molar-refractivity contribution in [1.82, 2.24) is 9.97 Å². The van der Waals surface area contributed by atoms with E-state index in [2.05, 4.69) is 36.1 Å². The van der Waals surface area contributed by atoms with Crippen molar-refractivity contribution in [3.05, 3.63) is 82.7 Å². The predicted octanol–water partition coefficient (Wildman–Crippen LogP) is 7.17. The van der Waals surface area contributed by atoms with Crippen LogP contribution in [0.5, 0.6) is 0 Å². The molecule has 3 aromatic carbocycles. The predicted molar refractivity (Wildman–Crippen MR) is 124 cm³/mol. The molecule has 1 aromatic heterocycles. The molecule has 0 saturated carbocycles. The maximum atomic E-state index is 13.6. The van der Waals surface area contributed by atoms with Crippen LogP contribution in [0.4, 0.5) is 23.2 Å². The molecule has 8 heteroatoms. The molecule has 0 bridgehead atoms. The fourth-order valence-electron chi connectivity index (χ4n) is 3.72. The summed E-state index contributed by atoms with van der Waals surface area (Å²) >= 11 is 0. The molecule has 0 amide bonds. The third-order valence-electron chi connectivity index (χ3n) is 5.60. The molecule has 0 fully saturated rings. The SMILES string of the molecule is CC(C)(C)c1ccc2nc(-c3ccc(C#N)c(NCc4cc(F)ccc4C(F)(F)F)c3)[nH]c2c1. The molecule has 174 valence electrons. The van der Waals surface area contributed by atoms with Crippen molar-refractivity contribution >= 4 is 16.7 Å². The molecule has 0 radical (unpaired) electrons. The number of rotatable bonds is 4. The molecule has 0 atom stereocenters. The molecule has 0 saturated heterocycles. The van der Waals surface area contributed by atoms with Gasteiger partial charge in [0.05, 0.1) is 27.8 Å². The van der Waals surface area contributed by atoms with Gasteiger partial charge in [0.25, 0.3) is 0 Å². The van der Waals surface area contributed by atoms with E-state index in [1.54, 1.807) is 18.2 Å². The lowest BCUT2D eigenvalue weighted by Gasteiger charge is -2.18. The summed E-state index contributed by atoms with van der Waals surface area (Å²) in [5, 5.41) is 12.3. The number of nitrogens with one attached hydrogen (secondary N) is 2. The lowest BCUT2D eigenvalue weighted by atomic mass is 9.87. The lowest BCUT2D eigenvalue weighted by molar-refractivity contribution is -0.138. The zero-order valence-electron chi connectivity index (χ0n) is 18.8. The summed E-state index contributed by atoms with van der Waals surface area (Å²) < 4.78 is 53.6. The van der Waals surface area contributed by atoms with E-state index >= 15 is 0 Å². The van der Waals surface area contributed by atoms with Crippen molar-refractivity contribution < 1.29 is 17.6 Å². The van der Waals surface area contributed by atoms with Gasteiger partial charge in [0.2, 0.25) is 0 Å². The maximum Gasteiger partial charge on any atom is 0.416 e. The Morgan fingerprint density at radius 1 is 1.00 bits per heavy atom. The first-order valence-electron chi connectivity index (χ1n) is 10.6. The van der Waals surface area contributed by atoms with Crippen LogP contribution in [0.15, 0.2) is 54.6 Å². The Labute approximate surface area is 194 Å². The fourth-order valence-corrected chi connectivity index (χ4v) is 3.72. The molecule has 4 nitrogen and oxygen atoms in total. The minimum atomic E-state index is -4.62. The topological polar surface area (TPSA) is 64.5 Å². The van der Waals surface area contributed by atoms with Crippen molar-refractivity contribution in [2.75, 3.05) is 5.32 Å². The molecule has 4 rings (SSSR count). The van der Waals surface area contributed by atoms with E-state index in [-0.39, 0.29) is 23.1 Å². The summed E-state index contributed by atoms with van der Waals surface area (Å²) in [7, 11) is 0. The van der Waals surface area contributed by atoms with Gasteiger partial charge in [-0.15, -0.1) is 0 Å². The minimum Gasteiger partial charge on any atom is -0.380 e. The molecule has 0 aliphatic carbocycles. The fraction of sp³-hybridized carbons (Fsp3) is 0.231. The Kier molecular flexibility index (Phi) is 5.82. The van der Waals surface area contributed by atoms with Crippen LogP contribution in [0.25, 0.3) is 22.4 Å². The van der Waals surface area contributed by atoms with Crippen LogP contribution in [0.1, 0.15) is 43.0 Å². The van der Waals surface area contributed by atoms with Crippen molar-refractivity contribution in [2.24, 2.45) is 0 Å². The highest BCUT2D eigenvalue weighted by Gasteiger charge is 2.33. The number of nitrogens with zero attached hydrogens (tertiary/aromatic N) is 2. The van der Waals surface area contributed by atoms with Crippen LogP contribution in [0.3, 0.4) is 0 Å². The molecule has 0 aliphatic heterocycles. The van der Waals surface area contributed by atoms with Gasteiger partial charge in [0, 0.05) is 12.1 Å². The minimum absolute atomic E-state index is 0.0306. The number of halogens is 4. The number of benzene rings is 3. The lowest BCUT2D eigenvalue weighted by Crippen LogP contribution is -2.12. The molecule has 0 spiro atoms. The Bertz CT molecular complexity index is 1410.